The first kappa shape index (κ1) is 23.7. The van der Waals surface area contributed by atoms with Gasteiger partial charge in [0.15, 0.2) is 12.7 Å². The highest BCUT2D eigenvalue weighted by molar-refractivity contribution is 6.04. The van der Waals surface area contributed by atoms with Gasteiger partial charge >= 0.3 is 5.97 Å². The van der Waals surface area contributed by atoms with Crippen LogP contribution in [0.2, 0.25) is 0 Å². The van der Waals surface area contributed by atoms with E-state index in [0.29, 0.717) is 35.2 Å². The van der Waals surface area contributed by atoms with Crippen molar-refractivity contribution < 1.29 is 28.6 Å². The Morgan fingerprint density at radius 3 is 2.23 bits per heavy atom. The van der Waals surface area contributed by atoms with Gasteiger partial charge in [-0.15, -0.1) is 0 Å². The van der Waals surface area contributed by atoms with Crippen LogP contribution in [-0.2, 0) is 14.3 Å². The van der Waals surface area contributed by atoms with E-state index in [-0.39, 0.29) is 5.91 Å². The average Bonchev–Trinajstić information content (AvgIpc) is 2.76. The molecule has 1 atom stereocenters. The molecule has 2 rings (SSSR count). The molecule has 8 nitrogen and oxygen atoms in total. The lowest BCUT2D eigenvalue weighted by molar-refractivity contribution is -0.153. The van der Waals surface area contributed by atoms with E-state index in [9.17, 15) is 14.4 Å². The van der Waals surface area contributed by atoms with Crippen molar-refractivity contribution in [2.45, 2.75) is 26.9 Å². The summed E-state index contributed by atoms with van der Waals surface area (Å²) in [5, 5.41) is 5.41. The van der Waals surface area contributed by atoms with E-state index < -0.39 is 24.6 Å². The molecule has 0 saturated carbocycles. The molecule has 0 spiro atoms. The van der Waals surface area contributed by atoms with Crippen molar-refractivity contribution in [3.63, 3.8) is 0 Å². The smallest absolute Gasteiger partial charge is 0.347 e. The van der Waals surface area contributed by atoms with E-state index in [1.165, 1.54) is 6.92 Å². The number of benzene rings is 2. The van der Waals surface area contributed by atoms with E-state index in [1.54, 1.807) is 55.6 Å². The van der Waals surface area contributed by atoms with Crippen molar-refractivity contribution in [2.24, 2.45) is 5.92 Å². The largest absolute Gasteiger partial charge is 0.497 e. The number of nitrogens with one attached hydrogen (secondary N) is 2. The van der Waals surface area contributed by atoms with Crippen LogP contribution in [0.25, 0.3) is 0 Å². The molecule has 31 heavy (non-hydrogen) atoms. The number of hydrogen-bond donors (Lipinski definition) is 2. The Bertz CT molecular complexity index is 895. The summed E-state index contributed by atoms with van der Waals surface area (Å²) < 4.78 is 15.6. The van der Waals surface area contributed by atoms with Gasteiger partial charge in [0.05, 0.1) is 18.4 Å². The monoisotopic (exact) mass is 428 g/mol. The van der Waals surface area contributed by atoms with Gasteiger partial charge in [-0.05, 0) is 49.2 Å². The fraction of sp³-hybridized carbons (Fsp3) is 0.348. The molecule has 0 aliphatic carbocycles. The fourth-order valence-corrected chi connectivity index (χ4v) is 2.53. The summed E-state index contributed by atoms with van der Waals surface area (Å²) in [5.41, 5.74) is 0.673. The second-order valence-electron chi connectivity index (χ2n) is 7.24. The molecule has 0 aliphatic rings. The number of methoxy groups -OCH3 is 1. The Morgan fingerprint density at radius 1 is 0.935 bits per heavy atom. The Balaban J connectivity index is 1.87. The Kier molecular flexibility index (Phi) is 8.87. The van der Waals surface area contributed by atoms with Gasteiger partial charge in [-0.3, -0.25) is 9.59 Å². The summed E-state index contributed by atoms with van der Waals surface area (Å²) in [7, 11) is 1.55. The summed E-state index contributed by atoms with van der Waals surface area (Å²) in [5.74, 6) is -0.105. The van der Waals surface area contributed by atoms with Gasteiger partial charge < -0.3 is 24.8 Å². The van der Waals surface area contributed by atoms with Crippen LogP contribution in [0, 0.1) is 5.92 Å². The van der Waals surface area contributed by atoms with E-state index in [2.05, 4.69) is 10.6 Å². The molecule has 2 aromatic rings. The first-order valence-electron chi connectivity index (χ1n) is 9.94. The van der Waals surface area contributed by atoms with Crippen LogP contribution in [-0.4, -0.2) is 44.1 Å². The van der Waals surface area contributed by atoms with Gasteiger partial charge in [0, 0.05) is 6.54 Å². The van der Waals surface area contributed by atoms with Crippen LogP contribution in [0.4, 0.5) is 5.69 Å². The molecule has 1 unspecified atom stereocenters. The molecule has 0 aromatic heterocycles. The highest BCUT2D eigenvalue weighted by Gasteiger charge is 2.19. The summed E-state index contributed by atoms with van der Waals surface area (Å²) in [6, 6.07) is 13.4. The van der Waals surface area contributed by atoms with Gasteiger partial charge in [-0.25, -0.2) is 4.79 Å². The second-order valence-corrected chi connectivity index (χ2v) is 7.24. The number of hydrogen-bond acceptors (Lipinski definition) is 6. The Labute approximate surface area is 181 Å². The zero-order chi connectivity index (χ0) is 22.8. The van der Waals surface area contributed by atoms with Crippen LogP contribution in [0.15, 0.2) is 48.5 Å². The molecule has 0 saturated heterocycles. The molecule has 0 fully saturated rings. The van der Waals surface area contributed by atoms with Crippen molar-refractivity contribution in [1.82, 2.24) is 5.32 Å². The lowest BCUT2D eigenvalue weighted by atomic mass is 10.1. The van der Waals surface area contributed by atoms with Gasteiger partial charge in [0.1, 0.15) is 11.5 Å². The molecule has 0 bridgehead atoms. The Hall–Kier alpha value is -3.55. The lowest BCUT2D eigenvalue weighted by Crippen LogP contribution is -2.31. The average molecular weight is 428 g/mol. The predicted molar refractivity (Wildman–Crippen MR) is 116 cm³/mol. The molecule has 2 N–H and O–H groups in total. The highest BCUT2D eigenvalue weighted by atomic mass is 16.6. The molecule has 8 heteroatoms. The summed E-state index contributed by atoms with van der Waals surface area (Å²) >= 11 is 0. The number of carbonyl (C=O) groups excluding carboxylic acids is 3. The quantitative estimate of drug-likeness (QED) is 0.564. The first-order chi connectivity index (χ1) is 14.8. The third-order valence-corrected chi connectivity index (χ3v) is 4.17. The zero-order valence-electron chi connectivity index (χ0n) is 18.1. The SMILES string of the molecule is COc1ccc(OC(C)C(=O)OCC(=O)Nc2ccccc2C(=O)NCC(C)C)cc1. The fourth-order valence-electron chi connectivity index (χ4n) is 2.53. The zero-order valence-corrected chi connectivity index (χ0v) is 18.1. The van der Waals surface area contributed by atoms with Crippen LogP contribution in [0.5, 0.6) is 11.5 Å². The van der Waals surface area contributed by atoms with Crippen molar-refractivity contribution in [3.05, 3.63) is 54.1 Å². The Morgan fingerprint density at radius 2 is 1.58 bits per heavy atom. The topological polar surface area (TPSA) is 103 Å². The van der Waals surface area contributed by atoms with E-state index >= 15 is 0 Å². The minimum absolute atomic E-state index is 0.289. The maximum Gasteiger partial charge on any atom is 0.347 e. The number of ether oxygens (including phenoxy) is 3. The second kappa shape index (κ2) is 11.6. The summed E-state index contributed by atoms with van der Waals surface area (Å²) in [6.45, 7) is 5.52. The number of esters is 1. The molecular formula is C23H28N2O6. The minimum atomic E-state index is -0.907. The van der Waals surface area contributed by atoms with Gasteiger partial charge in [0.2, 0.25) is 0 Å². The molecule has 0 heterocycles. The van der Waals surface area contributed by atoms with E-state index in [0.717, 1.165) is 0 Å². The molecule has 2 aromatic carbocycles. The summed E-state index contributed by atoms with van der Waals surface area (Å²) in [6.07, 6.45) is -0.907. The number of anilines is 1. The number of rotatable bonds is 10. The molecule has 166 valence electrons. The summed E-state index contributed by atoms with van der Waals surface area (Å²) in [4.78, 5) is 36.7. The minimum Gasteiger partial charge on any atom is -0.497 e. The number of para-hydroxylation sites is 1. The third kappa shape index (κ3) is 7.65. The van der Waals surface area contributed by atoms with Gasteiger partial charge in [-0.2, -0.15) is 0 Å². The number of carbonyl (C=O) groups is 3. The molecular weight excluding hydrogens is 400 g/mol. The van der Waals surface area contributed by atoms with Crippen LogP contribution in [0.1, 0.15) is 31.1 Å². The van der Waals surface area contributed by atoms with Crippen LogP contribution >= 0.6 is 0 Å². The molecule has 2 amide bonds. The van der Waals surface area contributed by atoms with Crippen LogP contribution in [0.3, 0.4) is 0 Å². The first-order valence-corrected chi connectivity index (χ1v) is 9.94. The maximum atomic E-state index is 12.3. The maximum absolute atomic E-state index is 12.3. The standard InChI is InChI=1S/C23H28N2O6/c1-15(2)13-24-22(27)19-7-5-6-8-20(19)25-21(26)14-30-23(28)16(3)31-18-11-9-17(29-4)10-12-18/h5-12,15-16H,13-14H2,1-4H3,(H,24,27)(H,25,26). The van der Waals surface area contributed by atoms with Crippen molar-refractivity contribution in [3.8, 4) is 11.5 Å². The van der Waals surface area contributed by atoms with Gasteiger partial charge in [0.25, 0.3) is 11.8 Å². The molecule has 0 radical (unpaired) electrons. The molecule has 0 aliphatic heterocycles. The predicted octanol–water partition coefficient (Wildman–Crippen LogP) is 3.03. The number of amides is 2. The van der Waals surface area contributed by atoms with Crippen molar-refractivity contribution in [1.29, 1.82) is 0 Å². The normalized spacial score (nSPS) is 11.4. The van der Waals surface area contributed by atoms with Gasteiger partial charge in [-0.1, -0.05) is 26.0 Å². The van der Waals surface area contributed by atoms with Crippen molar-refractivity contribution >= 4 is 23.5 Å². The third-order valence-electron chi connectivity index (χ3n) is 4.17. The lowest BCUT2D eigenvalue weighted by Gasteiger charge is -2.15. The highest BCUT2D eigenvalue weighted by Crippen LogP contribution is 2.18. The van der Waals surface area contributed by atoms with E-state index in [1.807, 2.05) is 13.8 Å². The van der Waals surface area contributed by atoms with Crippen LogP contribution < -0.4 is 20.1 Å². The van der Waals surface area contributed by atoms with Crippen molar-refractivity contribution in [2.75, 3.05) is 25.6 Å². The van der Waals surface area contributed by atoms with E-state index in [4.69, 9.17) is 14.2 Å².